The second-order valence-corrected chi connectivity index (χ2v) is 8.45. The van der Waals surface area contributed by atoms with E-state index in [1.165, 1.54) is 9.71 Å². The maximum Gasteiger partial charge on any atom is 0.241 e. The topological polar surface area (TPSA) is 62.3 Å². The minimum Gasteiger partial charge on any atom is -0.347 e. The third-order valence-corrected chi connectivity index (χ3v) is 6.09. The van der Waals surface area contributed by atoms with Crippen molar-refractivity contribution in [2.45, 2.75) is 45.4 Å². The van der Waals surface area contributed by atoms with Crippen LogP contribution < -0.4 is 5.32 Å². The van der Waals surface area contributed by atoms with E-state index >= 15 is 0 Å². The molecule has 0 atom stereocenters. The predicted octanol–water partition coefficient (Wildman–Crippen LogP) is 3.55. The van der Waals surface area contributed by atoms with Crippen LogP contribution in [0.25, 0.3) is 10.2 Å². The second kappa shape index (κ2) is 8.62. The van der Waals surface area contributed by atoms with Crippen LogP contribution in [0.5, 0.6) is 0 Å². The smallest absolute Gasteiger partial charge is 0.241 e. The van der Waals surface area contributed by atoms with E-state index in [1.807, 2.05) is 17.0 Å². The third kappa shape index (κ3) is 4.81. The van der Waals surface area contributed by atoms with Crippen molar-refractivity contribution in [3.8, 4) is 0 Å². The molecule has 1 aromatic heterocycles. The van der Waals surface area contributed by atoms with E-state index in [0.717, 1.165) is 37.9 Å². The van der Waals surface area contributed by atoms with Crippen LogP contribution in [-0.4, -0.2) is 41.3 Å². The lowest BCUT2D eigenvalue weighted by Crippen LogP contribution is -2.43. The highest BCUT2D eigenvalue weighted by Gasteiger charge is 2.25. The highest BCUT2D eigenvalue weighted by molar-refractivity contribution is 7.18. The number of thiazole rings is 1. The van der Waals surface area contributed by atoms with Gasteiger partial charge in [-0.15, -0.1) is 11.3 Å². The summed E-state index contributed by atoms with van der Waals surface area (Å²) in [5.41, 5.74) is 1.06. The van der Waals surface area contributed by atoms with Crippen molar-refractivity contribution in [1.29, 1.82) is 0 Å². The molecule has 3 rings (SSSR count). The monoisotopic (exact) mass is 373 g/mol. The van der Waals surface area contributed by atoms with Crippen LogP contribution in [-0.2, 0) is 9.59 Å². The molecule has 2 amide bonds. The Bertz CT molecular complexity index is 730. The quantitative estimate of drug-likeness (QED) is 0.842. The largest absolute Gasteiger partial charge is 0.347 e. The number of nitrogens with zero attached hydrogens (tertiary/aromatic N) is 2. The van der Waals surface area contributed by atoms with Crippen molar-refractivity contribution >= 4 is 33.4 Å². The molecular formula is C20H27N3O2S. The summed E-state index contributed by atoms with van der Waals surface area (Å²) >= 11 is 1.76. The number of likely N-dealkylation sites (tertiary alicyclic amines) is 1. The van der Waals surface area contributed by atoms with Crippen molar-refractivity contribution in [1.82, 2.24) is 15.2 Å². The number of piperidine rings is 1. The maximum atomic E-state index is 12.3. The number of carbonyl (C=O) groups is 2. The first-order valence-electron chi connectivity index (χ1n) is 9.43. The van der Waals surface area contributed by atoms with Crippen LogP contribution in [0.3, 0.4) is 0 Å². The molecule has 0 radical (unpaired) electrons. The van der Waals surface area contributed by atoms with Crippen molar-refractivity contribution in [2.24, 2.45) is 5.92 Å². The summed E-state index contributed by atoms with van der Waals surface area (Å²) in [6.07, 6.45) is 3.22. The van der Waals surface area contributed by atoms with Gasteiger partial charge in [0.25, 0.3) is 0 Å². The summed E-state index contributed by atoms with van der Waals surface area (Å²) in [5.74, 6) is 0.914. The van der Waals surface area contributed by atoms with E-state index in [4.69, 9.17) is 4.98 Å². The Morgan fingerprint density at radius 2 is 2.00 bits per heavy atom. The number of para-hydroxylation sites is 1. The van der Waals surface area contributed by atoms with Gasteiger partial charge in [-0.05, 0) is 37.3 Å². The zero-order chi connectivity index (χ0) is 18.5. The van der Waals surface area contributed by atoms with Crippen LogP contribution in [0, 0.1) is 5.92 Å². The van der Waals surface area contributed by atoms with Gasteiger partial charge >= 0.3 is 0 Å². The van der Waals surface area contributed by atoms with E-state index in [9.17, 15) is 9.59 Å². The fraction of sp³-hybridized carbons (Fsp3) is 0.550. The third-order valence-electron chi connectivity index (χ3n) is 4.89. The second-order valence-electron chi connectivity index (χ2n) is 7.38. The van der Waals surface area contributed by atoms with Gasteiger partial charge in [-0.25, -0.2) is 4.98 Å². The van der Waals surface area contributed by atoms with Gasteiger partial charge in [0.15, 0.2) is 0 Å². The lowest BCUT2D eigenvalue weighted by molar-refractivity contribution is -0.133. The van der Waals surface area contributed by atoms with Gasteiger partial charge in [0.1, 0.15) is 0 Å². The van der Waals surface area contributed by atoms with E-state index in [1.54, 1.807) is 11.3 Å². The first-order chi connectivity index (χ1) is 12.5. The molecule has 2 heterocycles. The van der Waals surface area contributed by atoms with Crippen LogP contribution >= 0.6 is 11.3 Å². The Morgan fingerprint density at radius 1 is 1.27 bits per heavy atom. The molecule has 1 saturated heterocycles. The molecule has 2 aromatic rings. The van der Waals surface area contributed by atoms with Gasteiger partial charge < -0.3 is 10.2 Å². The Morgan fingerprint density at radius 3 is 2.69 bits per heavy atom. The maximum absolute atomic E-state index is 12.3. The number of benzene rings is 1. The number of hydrogen-bond donors (Lipinski definition) is 1. The van der Waals surface area contributed by atoms with Crippen molar-refractivity contribution < 1.29 is 9.59 Å². The number of rotatable bonds is 6. The lowest BCUT2D eigenvalue weighted by atomic mass is 9.97. The number of aromatic nitrogens is 1. The van der Waals surface area contributed by atoms with Crippen LogP contribution in [0.15, 0.2) is 24.3 Å². The van der Waals surface area contributed by atoms with Crippen LogP contribution in [0.2, 0.25) is 0 Å². The first kappa shape index (κ1) is 18.8. The molecular weight excluding hydrogens is 346 g/mol. The molecule has 6 heteroatoms. The van der Waals surface area contributed by atoms with Crippen LogP contribution in [0.4, 0.5) is 0 Å². The fourth-order valence-corrected chi connectivity index (χ4v) is 4.37. The minimum atomic E-state index is -0.0311. The molecule has 140 valence electrons. The number of hydrogen-bond acceptors (Lipinski definition) is 4. The summed E-state index contributed by atoms with van der Waals surface area (Å²) in [4.78, 5) is 30.7. The van der Waals surface area contributed by atoms with Crippen molar-refractivity contribution in [3.63, 3.8) is 0 Å². The molecule has 1 aliphatic rings. The lowest BCUT2D eigenvalue weighted by Gasteiger charge is -2.31. The number of nitrogens with one attached hydrogen (secondary N) is 1. The van der Waals surface area contributed by atoms with Crippen molar-refractivity contribution in [3.05, 3.63) is 29.3 Å². The predicted molar refractivity (Wildman–Crippen MR) is 105 cm³/mol. The van der Waals surface area contributed by atoms with Crippen LogP contribution in [0.1, 0.15) is 50.5 Å². The Balaban J connectivity index is 1.45. The molecule has 0 saturated carbocycles. The Hall–Kier alpha value is -1.95. The van der Waals surface area contributed by atoms with Gasteiger partial charge in [-0.3, -0.25) is 9.59 Å². The summed E-state index contributed by atoms with van der Waals surface area (Å²) in [6, 6.07) is 8.22. The Kier molecular flexibility index (Phi) is 6.25. The molecule has 26 heavy (non-hydrogen) atoms. The summed E-state index contributed by atoms with van der Waals surface area (Å²) in [7, 11) is 0. The molecule has 0 aliphatic carbocycles. The molecule has 0 bridgehead atoms. The zero-order valence-electron chi connectivity index (χ0n) is 15.5. The number of amides is 2. The molecule has 5 nitrogen and oxygen atoms in total. The number of fused-ring (bicyclic) bond motifs is 1. The average Bonchev–Trinajstić information content (AvgIpc) is 3.08. The SMILES string of the molecule is CC(C)CCC(=O)NCC(=O)N1CCC(c2nc3ccccc3s2)CC1. The summed E-state index contributed by atoms with van der Waals surface area (Å²) in [5, 5.41) is 3.94. The van der Waals surface area contributed by atoms with Gasteiger partial charge in [-0.1, -0.05) is 26.0 Å². The molecule has 1 aliphatic heterocycles. The van der Waals surface area contributed by atoms with E-state index in [2.05, 4.69) is 31.3 Å². The molecule has 1 N–H and O–H groups in total. The zero-order valence-corrected chi connectivity index (χ0v) is 16.3. The highest BCUT2D eigenvalue weighted by Crippen LogP contribution is 2.33. The van der Waals surface area contributed by atoms with Crippen molar-refractivity contribution in [2.75, 3.05) is 19.6 Å². The normalized spacial score (nSPS) is 15.6. The van der Waals surface area contributed by atoms with Gasteiger partial charge in [0.05, 0.1) is 21.8 Å². The van der Waals surface area contributed by atoms with Gasteiger partial charge in [0, 0.05) is 25.4 Å². The Labute approximate surface area is 158 Å². The van der Waals surface area contributed by atoms with E-state index in [-0.39, 0.29) is 18.4 Å². The minimum absolute atomic E-state index is 0.0191. The number of carbonyl (C=O) groups excluding carboxylic acids is 2. The fourth-order valence-electron chi connectivity index (χ4n) is 3.23. The summed E-state index contributed by atoms with van der Waals surface area (Å²) < 4.78 is 1.23. The summed E-state index contributed by atoms with van der Waals surface area (Å²) in [6.45, 7) is 5.77. The van der Waals surface area contributed by atoms with Gasteiger partial charge in [0.2, 0.25) is 11.8 Å². The molecule has 0 spiro atoms. The first-order valence-corrected chi connectivity index (χ1v) is 10.2. The molecule has 0 unspecified atom stereocenters. The standard InChI is InChI=1S/C20H27N3O2S/c1-14(2)7-8-18(24)21-13-19(25)23-11-9-15(10-12-23)20-22-16-5-3-4-6-17(16)26-20/h3-6,14-15H,7-13H2,1-2H3,(H,21,24). The average molecular weight is 374 g/mol. The molecule has 1 aromatic carbocycles. The van der Waals surface area contributed by atoms with E-state index < -0.39 is 0 Å². The van der Waals surface area contributed by atoms with E-state index in [0.29, 0.717) is 18.3 Å². The van der Waals surface area contributed by atoms with Gasteiger partial charge in [-0.2, -0.15) is 0 Å². The molecule has 1 fully saturated rings. The highest BCUT2D eigenvalue weighted by atomic mass is 32.1.